The van der Waals surface area contributed by atoms with E-state index >= 15 is 0 Å². The molecule has 0 saturated carbocycles. The van der Waals surface area contributed by atoms with Crippen molar-refractivity contribution < 1.29 is 88.6 Å². The summed E-state index contributed by atoms with van der Waals surface area (Å²) in [7, 11) is 0. The second-order valence-electron chi connectivity index (χ2n) is 11.9. The summed E-state index contributed by atoms with van der Waals surface area (Å²) >= 11 is 0. The third-order valence-electron chi connectivity index (χ3n) is 8.31. The minimum Gasteiger partial charge on any atom is -0.507 e. The van der Waals surface area contributed by atoms with E-state index in [-0.39, 0.29) is 79.2 Å². The molecule has 288 valence electrons. The maximum atomic E-state index is 14.1. The lowest BCUT2D eigenvalue weighted by Gasteiger charge is -2.42. The van der Waals surface area contributed by atoms with E-state index in [1.807, 2.05) is 0 Å². The van der Waals surface area contributed by atoms with E-state index in [1.54, 1.807) is 0 Å². The first-order chi connectivity index (χ1) is 24.9. The molecule has 0 bridgehead atoms. The van der Waals surface area contributed by atoms with Crippen LogP contribution in [-0.4, -0.2) is 159 Å². The van der Waals surface area contributed by atoms with Gasteiger partial charge < -0.3 is 88.6 Å². The van der Waals surface area contributed by atoms with Gasteiger partial charge in [0.1, 0.15) is 85.0 Å². The minimum absolute atomic E-state index is 0.0380. The topological polar surface area (TPSA) is 297 Å². The fraction of sp³-hybridized carbons (Fsp3) is 0.545. The third-order valence-corrected chi connectivity index (χ3v) is 8.31. The van der Waals surface area contributed by atoms with E-state index in [2.05, 4.69) is 0 Å². The zero-order valence-electron chi connectivity index (χ0n) is 27.8. The maximum absolute atomic E-state index is 14.1. The average molecular weight is 743 g/mol. The molecule has 3 aromatic rings. The van der Waals surface area contributed by atoms with E-state index in [4.69, 9.17) is 37.6 Å². The Labute approximate surface area is 294 Å². The summed E-state index contributed by atoms with van der Waals surface area (Å²) in [5.41, 5.74) is -1.08. The van der Waals surface area contributed by atoms with Crippen LogP contribution in [0.15, 0.2) is 39.5 Å². The molecule has 2 aromatic carbocycles. The molecular weight excluding hydrogens is 700 g/mol. The molecule has 0 amide bonds. The predicted molar refractivity (Wildman–Crippen MR) is 173 cm³/mol. The van der Waals surface area contributed by atoms with Crippen LogP contribution in [0.4, 0.5) is 0 Å². The number of rotatable bonds is 15. The smallest absolute Gasteiger partial charge is 0.239 e. The zero-order chi connectivity index (χ0) is 37.7. The summed E-state index contributed by atoms with van der Waals surface area (Å²) in [5, 5.41) is 101. The number of ether oxygens (including phenoxy) is 7. The number of benzene rings is 2. The molecule has 19 nitrogen and oxygen atoms in total. The first-order valence-corrected chi connectivity index (χ1v) is 16.3. The molecule has 52 heavy (non-hydrogen) atoms. The molecule has 19 heteroatoms. The molecule has 10 N–H and O–H groups in total. The second-order valence-corrected chi connectivity index (χ2v) is 11.9. The van der Waals surface area contributed by atoms with Crippen molar-refractivity contribution in [3.05, 3.63) is 40.6 Å². The van der Waals surface area contributed by atoms with Gasteiger partial charge in [-0.05, 0) is 25.1 Å². The van der Waals surface area contributed by atoms with E-state index in [1.165, 1.54) is 31.2 Å². The second kappa shape index (κ2) is 17.3. The van der Waals surface area contributed by atoms with Gasteiger partial charge in [-0.15, -0.1) is 0 Å². The number of hydrogen-bond donors (Lipinski definition) is 10. The number of hydrogen-bond acceptors (Lipinski definition) is 19. The highest BCUT2D eigenvalue weighted by Crippen LogP contribution is 2.40. The molecule has 1 aromatic heterocycles. The Morgan fingerprint density at radius 3 is 2.04 bits per heavy atom. The van der Waals surface area contributed by atoms with Gasteiger partial charge in [-0.25, -0.2) is 0 Å². The molecule has 10 atom stereocenters. The SMILES string of the molecule is C[C@@H]1O[C@H](OC[C@@H]2O[C@H](Oc3c(-c4ccc(OCCO)c(OCCO)c4)oc4cc(OCCO)cc(O)c4c3=O)[C@H](O)[C@H](O)[C@H]2O)[C@H](O)[C@@H](O)[C@H]1O. The van der Waals surface area contributed by atoms with Crippen LogP contribution in [0.2, 0.25) is 0 Å². The Bertz CT molecular complexity index is 1700. The summed E-state index contributed by atoms with van der Waals surface area (Å²) in [6, 6.07) is 6.59. The van der Waals surface area contributed by atoms with Crippen molar-refractivity contribution in [2.75, 3.05) is 46.2 Å². The number of aliphatic hydroxyl groups is 9. The van der Waals surface area contributed by atoms with Gasteiger partial charge in [0.25, 0.3) is 0 Å². The van der Waals surface area contributed by atoms with E-state index < -0.39 is 84.9 Å². The van der Waals surface area contributed by atoms with Crippen LogP contribution < -0.4 is 24.4 Å². The highest BCUT2D eigenvalue weighted by molar-refractivity contribution is 5.88. The van der Waals surface area contributed by atoms with Crippen LogP contribution in [0.3, 0.4) is 0 Å². The van der Waals surface area contributed by atoms with Gasteiger partial charge in [0.05, 0.1) is 32.5 Å². The van der Waals surface area contributed by atoms with Crippen LogP contribution in [0.25, 0.3) is 22.3 Å². The van der Waals surface area contributed by atoms with E-state index in [0.717, 1.165) is 6.07 Å². The molecule has 2 aliphatic rings. The van der Waals surface area contributed by atoms with Gasteiger partial charge in [-0.2, -0.15) is 0 Å². The Balaban J connectivity index is 1.53. The number of phenols is 1. The van der Waals surface area contributed by atoms with Crippen LogP contribution >= 0.6 is 0 Å². The van der Waals surface area contributed by atoms with Gasteiger partial charge in [0.2, 0.25) is 17.5 Å². The minimum atomic E-state index is -1.98. The van der Waals surface area contributed by atoms with Crippen LogP contribution in [0.1, 0.15) is 6.92 Å². The quantitative estimate of drug-likeness (QED) is 0.0758. The molecule has 0 unspecified atom stereocenters. The third kappa shape index (κ3) is 8.36. The number of aliphatic hydroxyl groups excluding tert-OH is 9. The van der Waals surface area contributed by atoms with Crippen molar-refractivity contribution in [1.82, 2.24) is 0 Å². The van der Waals surface area contributed by atoms with Crippen molar-refractivity contribution >= 4 is 11.0 Å². The Kier molecular flexibility index (Phi) is 13.1. The van der Waals surface area contributed by atoms with Crippen molar-refractivity contribution in [2.45, 2.75) is 68.3 Å². The summed E-state index contributed by atoms with van der Waals surface area (Å²) < 4.78 is 45.1. The average Bonchev–Trinajstić information content (AvgIpc) is 3.13. The molecular formula is C33H42O19. The summed E-state index contributed by atoms with van der Waals surface area (Å²) in [6.45, 7) is -0.648. The van der Waals surface area contributed by atoms with Crippen LogP contribution in [0, 0.1) is 0 Å². The Hall–Kier alpha value is -3.83. The molecule has 2 fully saturated rings. The lowest BCUT2D eigenvalue weighted by atomic mass is 9.98. The molecule has 5 rings (SSSR count). The van der Waals surface area contributed by atoms with Gasteiger partial charge in [-0.3, -0.25) is 4.79 Å². The van der Waals surface area contributed by atoms with Crippen LogP contribution in [-0.2, 0) is 14.2 Å². The van der Waals surface area contributed by atoms with Gasteiger partial charge in [-0.1, -0.05) is 0 Å². The first-order valence-electron chi connectivity index (χ1n) is 16.3. The lowest BCUT2D eigenvalue weighted by Crippen LogP contribution is -2.61. The molecule has 3 heterocycles. The molecule has 2 saturated heterocycles. The van der Waals surface area contributed by atoms with Crippen molar-refractivity contribution in [2.24, 2.45) is 0 Å². The maximum Gasteiger partial charge on any atom is 0.239 e. The van der Waals surface area contributed by atoms with Gasteiger partial charge in [0, 0.05) is 17.7 Å². The number of aromatic hydroxyl groups is 1. The highest BCUT2D eigenvalue weighted by Gasteiger charge is 2.48. The summed E-state index contributed by atoms with van der Waals surface area (Å²) in [4.78, 5) is 14.1. The highest BCUT2D eigenvalue weighted by atomic mass is 16.7. The summed E-state index contributed by atoms with van der Waals surface area (Å²) in [6.07, 6.45) is -16.3. The van der Waals surface area contributed by atoms with Crippen LogP contribution in [0.5, 0.6) is 28.7 Å². The first kappa shape index (κ1) is 39.4. The van der Waals surface area contributed by atoms with Crippen molar-refractivity contribution in [3.8, 4) is 40.1 Å². The summed E-state index contributed by atoms with van der Waals surface area (Å²) in [5.74, 6) is -1.31. The number of phenolic OH excluding ortho intramolecular Hbond substituents is 1. The van der Waals surface area contributed by atoms with Gasteiger partial charge in [0.15, 0.2) is 23.5 Å². The molecule has 2 aliphatic heterocycles. The van der Waals surface area contributed by atoms with E-state index in [9.17, 15) is 55.9 Å². The largest absolute Gasteiger partial charge is 0.507 e. The monoisotopic (exact) mass is 742 g/mol. The lowest BCUT2D eigenvalue weighted by molar-refractivity contribution is -0.318. The Morgan fingerprint density at radius 2 is 1.35 bits per heavy atom. The molecule has 0 spiro atoms. The zero-order valence-corrected chi connectivity index (χ0v) is 27.8. The fourth-order valence-electron chi connectivity index (χ4n) is 5.60. The standard InChI is InChI=1S/C33H42O19/c1-14-23(38)26(41)28(43)32(49-14)48-13-21-24(39)27(42)29(44)33(51-21)52-31-25(40)22-17(37)11-16(45-7-4-34)12-20(22)50-30(31)15-2-3-18(46-8-5-35)19(10-15)47-9-6-36/h2-3,10-12,14,21,23-24,26-29,32-39,41-44H,4-9,13H2,1H3/t14-,21-,23-,24-,26-,27+,28+,29+,32-,33+/m0/s1. The normalized spacial score (nSPS) is 29.2. The molecule has 0 aliphatic carbocycles. The van der Waals surface area contributed by atoms with Crippen molar-refractivity contribution in [1.29, 1.82) is 0 Å². The van der Waals surface area contributed by atoms with E-state index in [0.29, 0.717) is 0 Å². The van der Waals surface area contributed by atoms with Crippen molar-refractivity contribution in [3.63, 3.8) is 0 Å². The van der Waals surface area contributed by atoms with Gasteiger partial charge >= 0.3 is 0 Å². The Morgan fingerprint density at radius 1 is 0.712 bits per heavy atom. The number of fused-ring (bicyclic) bond motifs is 1. The molecule has 0 radical (unpaired) electrons. The predicted octanol–water partition coefficient (Wildman–Crippen LogP) is -2.69. The fourth-order valence-corrected chi connectivity index (χ4v) is 5.60.